The van der Waals surface area contributed by atoms with Gasteiger partial charge in [0.2, 0.25) is 5.28 Å². The second-order valence-corrected chi connectivity index (χ2v) is 6.09. The Hall–Kier alpha value is -2.41. The lowest BCUT2D eigenvalue weighted by Crippen LogP contribution is -2.33. The van der Waals surface area contributed by atoms with Crippen molar-refractivity contribution in [3.05, 3.63) is 52.8 Å². The highest BCUT2D eigenvalue weighted by atomic mass is 35.5. The number of rotatable bonds is 5. The minimum atomic E-state index is -1.12. The van der Waals surface area contributed by atoms with Crippen LogP contribution in [-0.2, 0) is 5.41 Å². The fourth-order valence-electron chi connectivity index (χ4n) is 2.78. The van der Waals surface area contributed by atoms with Crippen molar-refractivity contribution in [2.24, 2.45) is 0 Å². The third-order valence-corrected chi connectivity index (χ3v) is 4.34. The quantitative estimate of drug-likeness (QED) is 0.809. The SMILES string of the molecule is Cc1nc(Cl)ncc1OC[C@]1(c2cccc(F)c2)C[C@H]1NC(=O)O. The molecule has 1 aliphatic carbocycles. The predicted octanol–water partition coefficient (Wildman–Crippen LogP) is 2.93. The van der Waals surface area contributed by atoms with Crippen molar-refractivity contribution in [1.29, 1.82) is 0 Å². The van der Waals surface area contributed by atoms with Gasteiger partial charge in [-0.15, -0.1) is 0 Å². The number of halogens is 2. The minimum Gasteiger partial charge on any atom is -0.489 e. The second kappa shape index (κ2) is 6.24. The summed E-state index contributed by atoms with van der Waals surface area (Å²) >= 11 is 5.72. The van der Waals surface area contributed by atoms with E-state index in [9.17, 15) is 9.18 Å². The average molecular weight is 352 g/mol. The average Bonchev–Trinajstić information content (AvgIpc) is 3.19. The van der Waals surface area contributed by atoms with Crippen LogP contribution >= 0.6 is 11.6 Å². The van der Waals surface area contributed by atoms with Gasteiger partial charge in [-0.05, 0) is 42.6 Å². The molecule has 126 valence electrons. The number of aryl methyl sites for hydroxylation is 1. The highest BCUT2D eigenvalue weighted by molar-refractivity contribution is 6.28. The van der Waals surface area contributed by atoms with E-state index in [1.165, 1.54) is 18.3 Å². The molecule has 1 heterocycles. The Labute approximate surface area is 142 Å². The van der Waals surface area contributed by atoms with Gasteiger partial charge < -0.3 is 15.2 Å². The van der Waals surface area contributed by atoms with Crippen LogP contribution in [0.15, 0.2) is 30.5 Å². The maximum absolute atomic E-state index is 13.6. The Morgan fingerprint density at radius 2 is 2.38 bits per heavy atom. The summed E-state index contributed by atoms with van der Waals surface area (Å²) in [4.78, 5) is 18.8. The summed E-state index contributed by atoms with van der Waals surface area (Å²) in [5, 5.41) is 11.5. The molecule has 0 saturated heterocycles. The molecule has 1 saturated carbocycles. The first-order chi connectivity index (χ1) is 11.4. The zero-order chi connectivity index (χ0) is 17.3. The highest BCUT2D eigenvalue weighted by Crippen LogP contribution is 2.49. The third kappa shape index (κ3) is 3.26. The van der Waals surface area contributed by atoms with Gasteiger partial charge >= 0.3 is 6.09 Å². The van der Waals surface area contributed by atoms with Crippen molar-refractivity contribution in [2.45, 2.75) is 24.8 Å². The summed E-state index contributed by atoms with van der Waals surface area (Å²) in [7, 11) is 0. The number of ether oxygens (including phenoxy) is 1. The Morgan fingerprint density at radius 3 is 3.04 bits per heavy atom. The first-order valence-corrected chi connectivity index (χ1v) is 7.66. The molecule has 0 aliphatic heterocycles. The van der Waals surface area contributed by atoms with E-state index in [2.05, 4.69) is 15.3 Å². The minimum absolute atomic E-state index is 0.122. The Bertz CT molecular complexity index is 789. The molecule has 2 aromatic rings. The Morgan fingerprint density at radius 1 is 1.58 bits per heavy atom. The van der Waals surface area contributed by atoms with E-state index < -0.39 is 11.5 Å². The van der Waals surface area contributed by atoms with Crippen LogP contribution in [0.1, 0.15) is 17.7 Å². The summed E-state index contributed by atoms with van der Waals surface area (Å²) < 4.78 is 19.4. The van der Waals surface area contributed by atoms with Crippen molar-refractivity contribution in [3.63, 3.8) is 0 Å². The van der Waals surface area contributed by atoms with Gasteiger partial charge in [-0.2, -0.15) is 0 Å². The van der Waals surface area contributed by atoms with Crippen molar-refractivity contribution in [3.8, 4) is 5.75 Å². The van der Waals surface area contributed by atoms with Crippen LogP contribution in [0.3, 0.4) is 0 Å². The fraction of sp³-hybridized carbons (Fsp3) is 0.312. The molecule has 8 heteroatoms. The van der Waals surface area contributed by atoms with Crippen molar-refractivity contribution in [1.82, 2.24) is 15.3 Å². The number of nitrogens with zero attached hydrogens (tertiary/aromatic N) is 2. The summed E-state index contributed by atoms with van der Waals surface area (Å²) in [6.07, 6.45) is 0.867. The second-order valence-electron chi connectivity index (χ2n) is 5.75. The Kier molecular flexibility index (Phi) is 4.28. The fourth-order valence-corrected chi connectivity index (χ4v) is 2.96. The van der Waals surface area contributed by atoms with Gasteiger partial charge in [-0.3, -0.25) is 0 Å². The lowest BCUT2D eigenvalue weighted by molar-refractivity contribution is 0.191. The van der Waals surface area contributed by atoms with E-state index in [0.717, 1.165) is 0 Å². The number of hydrogen-bond acceptors (Lipinski definition) is 4. The van der Waals surface area contributed by atoms with Crippen molar-refractivity contribution in [2.75, 3.05) is 6.61 Å². The molecular weight excluding hydrogens is 337 g/mol. The number of hydrogen-bond donors (Lipinski definition) is 2. The molecule has 1 aromatic heterocycles. The smallest absolute Gasteiger partial charge is 0.404 e. The number of carbonyl (C=O) groups is 1. The van der Waals surface area contributed by atoms with Gasteiger partial charge in [0.25, 0.3) is 0 Å². The maximum Gasteiger partial charge on any atom is 0.404 e. The van der Waals surface area contributed by atoms with E-state index in [1.54, 1.807) is 19.1 Å². The summed E-state index contributed by atoms with van der Waals surface area (Å²) in [5.41, 5.74) is 0.647. The predicted molar refractivity (Wildman–Crippen MR) is 84.9 cm³/mol. The topological polar surface area (TPSA) is 84.3 Å². The molecule has 2 N–H and O–H groups in total. The molecule has 0 bridgehead atoms. The molecule has 0 spiro atoms. The van der Waals surface area contributed by atoms with Gasteiger partial charge in [0.1, 0.15) is 12.4 Å². The molecule has 1 amide bonds. The number of carboxylic acid groups (broad SMARTS) is 1. The van der Waals surface area contributed by atoms with Crippen LogP contribution < -0.4 is 10.1 Å². The van der Waals surface area contributed by atoms with Crippen LogP contribution in [-0.4, -0.2) is 33.8 Å². The zero-order valence-corrected chi connectivity index (χ0v) is 13.5. The van der Waals surface area contributed by atoms with Gasteiger partial charge in [-0.25, -0.2) is 19.2 Å². The van der Waals surface area contributed by atoms with Gasteiger partial charge in [0.05, 0.1) is 17.3 Å². The zero-order valence-electron chi connectivity index (χ0n) is 12.8. The summed E-state index contributed by atoms with van der Waals surface area (Å²) in [5.74, 6) is 0.0787. The number of benzene rings is 1. The molecule has 2 atom stereocenters. The molecule has 1 aromatic carbocycles. The van der Waals surface area contributed by atoms with Crippen LogP contribution in [0.4, 0.5) is 9.18 Å². The van der Waals surface area contributed by atoms with Gasteiger partial charge in [0, 0.05) is 6.04 Å². The standard InChI is InChI=1S/C16H15ClFN3O3/c1-9-12(7-19-14(17)20-9)24-8-16(6-13(16)21-15(22)23)10-3-2-4-11(18)5-10/h2-5,7,13,21H,6,8H2,1H3,(H,22,23)/t13-,16+/m1/s1. The van der Waals surface area contributed by atoms with E-state index in [1.807, 2.05) is 0 Å². The van der Waals surface area contributed by atoms with Crippen molar-refractivity contribution >= 4 is 17.7 Å². The monoisotopic (exact) mass is 351 g/mol. The highest BCUT2D eigenvalue weighted by Gasteiger charge is 2.57. The molecule has 3 rings (SSSR count). The third-order valence-electron chi connectivity index (χ3n) is 4.16. The number of amides is 1. The van der Waals surface area contributed by atoms with Gasteiger partial charge in [0.15, 0.2) is 5.75 Å². The van der Waals surface area contributed by atoms with Crippen LogP contribution in [0.2, 0.25) is 5.28 Å². The van der Waals surface area contributed by atoms with E-state index in [4.69, 9.17) is 21.4 Å². The number of nitrogens with one attached hydrogen (secondary N) is 1. The largest absolute Gasteiger partial charge is 0.489 e. The van der Waals surface area contributed by atoms with Gasteiger partial charge in [-0.1, -0.05) is 12.1 Å². The van der Waals surface area contributed by atoms with Crippen LogP contribution in [0.25, 0.3) is 0 Å². The molecular formula is C16H15ClFN3O3. The van der Waals surface area contributed by atoms with Crippen LogP contribution in [0, 0.1) is 12.7 Å². The molecule has 6 nitrogen and oxygen atoms in total. The number of aromatic nitrogens is 2. The van der Waals surface area contributed by atoms with E-state index in [0.29, 0.717) is 23.4 Å². The summed E-state index contributed by atoms with van der Waals surface area (Å²) in [6.45, 7) is 1.91. The van der Waals surface area contributed by atoms with E-state index in [-0.39, 0.29) is 23.7 Å². The van der Waals surface area contributed by atoms with Crippen molar-refractivity contribution < 1.29 is 19.0 Å². The molecule has 24 heavy (non-hydrogen) atoms. The molecule has 0 unspecified atom stereocenters. The first-order valence-electron chi connectivity index (χ1n) is 7.28. The lowest BCUT2D eigenvalue weighted by atomic mass is 9.95. The summed E-state index contributed by atoms with van der Waals surface area (Å²) in [6, 6.07) is 5.76. The maximum atomic E-state index is 13.6. The Balaban J connectivity index is 1.83. The van der Waals surface area contributed by atoms with E-state index >= 15 is 0 Å². The van der Waals surface area contributed by atoms with Crippen LogP contribution in [0.5, 0.6) is 5.75 Å². The molecule has 1 fully saturated rings. The molecule has 0 radical (unpaired) electrons. The molecule has 1 aliphatic rings. The lowest BCUT2D eigenvalue weighted by Gasteiger charge is -2.19. The first kappa shape index (κ1) is 16.4. The normalized spacial score (nSPS) is 22.0.